The van der Waals surface area contributed by atoms with E-state index in [1.165, 1.54) is 17.4 Å². The quantitative estimate of drug-likeness (QED) is 0.579. The van der Waals surface area contributed by atoms with E-state index in [-0.39, 0.29) is 11.0 Å². The molecule has 0 spiro atoms. The van der Waals surface area contributed by atoms with E-state index >= 15 is 0 Å². The molecule has 0 aliphatic heterocycles. The molecule has 0 saturated carbocycles. The van der Waals surface area contributed by atoms with Crippen molar-refractivity contribution >= 4 is 51.6 Å². The molecule has 2 amide bonds. The zero-order valence-electron chi connectivity index (χ0n) is 13.3. The molecule has 7 heteroatoms. The first-order valence-corrected chi connectivity index (χ1v) is 8.36. The number of thiocarbonyl (C=S) groups is 1. The topological polar surface area (TPSA) is 84.2 Å². The molecule has 0 fully saturated rings. The minimum absolute atomic E-state index is 0.112. The van der Waals surface area contributed by atoms with E-state index in [2.05, 4.69) is 10.6 Å². The van der Waals surface area contributed by atoms with Gasteiger partial charge in [0.2, 0.25) is 5.91 Å². The molecule has 0 bridgehead atoms. The summed E-state index contributed by atoms with van der Waals surface area (Å²) in [5, 5.41) is 6.06. The average molecular weight is 359 g/mol. The molecule has 0 saturated heterocycles. The van der Waals surface area contributed by atoms with E-state index in [1.54, 1.807) is 6.08 Å². The van der Waals surface area contributed by atoms with Crippen molar-refractivity contribution in [3.05, 3.63) is 58.0 Å². The Morgan fingerprint density at radius 2 is 1.88 bits per heavy atom. The molecule has 0 aliphatic carbocycles. The van der Waals surface area contributed by atoms with Crippen molar-refractivity contribution in [2.45, 2.75) is 13.8 Å². The van der Waals surface area contributed by atoms with E-state index in [9.17, 15) is 9.59 Å². The molecule has 0 aliphatic rings. The van der Waals surface area contributed by atoms with E-state index in [0.29, 0.717) is 10.6 Å². The number of nitrogens with one attached hydrogen (secondary N) is 2. The lowest BCUT2D eigenvalue weighted by molar-refractivity contribution is -0.115. The summed E-state index contributed by atoms with van der Waals surface area (Å²) in [6, 6.07) is 9.44. The predicted octanol–water partition coefficient (Wildman–Crippen LogP) is 2.99. The summed E-state index contributed by atoms with van der Waals surface area (Å²) >= 11 is 6.49. The summed E-state index contributed by atoms with van der Waals surface area (Å²) in [6.45, 7) is 3.71. The molecule has 2 aromatic rings. The molecule has 24 heavy (non-hydrogen) atoms. The van der Waals surface area contributed by atoms with Crippen molar-refractivity contribution < 1.29 is 9.59 Å². The lowest BCUT2D eigenvalue weighted by Gasteiger charge is -2.07. The average Bonchev–Trinajstić information content (AvgIpc) is 2.80. The van der Waals surface area contributed by atoms with Gasteiger partial charge in [-0.25, -0.2) is 0 Å². The number of benzene rings is 1. The minimum Gasteiger partial charge on any atom is -0.365 e. The number of thiophene rings is 1. The standard InChI is InChI=1S/C17H17N3O2S2/c1-10-11(2)24-16(14(10)15(18)22)20-17(23)19-13(21)9-8-12-6-4-3-5-7-12/h3-9H,1-2H3,(H2,18,22)(H2,19,20,21,23). The van der Waals surface area contributed by atoms with Gasteiger partial charge >= 0.3 is 0 Å². The van der Waals surface area contributed by atoms with Gasteiger partial charge < -0.3 is 11.1 Å². The number of anilines is 1. The summed E-state index contributed by atoms with van der Waals surface area (Å²) in [6.07, 6.45) is 3.08. The van der Waals surface area contributed by atoms with Gasteiger partial charge in [0, 0.05) is 11.0 Å². The van der Waals surface area contributed by atoms with Gasteiger partial charge in [-0.3, -0.25) is 14.9 Å². The SMILES string of the molecule is Cc1sc(NC(=S)NC(=O)C=Cc2ccccc2)c(C(N)=O)c1C. The predicted molar refractivity (Wildman–Crippen MR) is 102 cm³/mol. The van der Waals surface area contributed by atoms with Gasteiger partial charge in [0.1, 0.15) is 5.00 Å². The third-order valence-corrected chi connectivity index (χ3v) is 4.65. The van der Waals surface area contributed by atoms with Crippen molar-refractivity contribution in [2.24, 2.45) is 5.73 Å². The number of rotatable bonds is 4. The molecule has 0 radical (unpaired) electrons. The first kappa shape index (κ1) is 17.8. The zero-order chi connectivity index (χ0) is 17.7. The van der Waals surface area contributed by atoms with E-state index in [1.807, 2.05) is 44.2 Å². The number of amides is 2. The molecule has 4 N–H and O–H groups in total. The summed E-state index contributed by atoms with van der Waals surface area (Å²) in [5.74, 6) is -0.889. The molecule has 0 atom stereocenters. The monoisotopic (exact) mass is 359 g/mol. The summed E-state index contributed by atoms with van der Waals surface area (Å²) in [5.41, 5.74) is 7.52. The fourth-order valence-corrected chi connectivity index (χ4v) is 3.37. The molecule has 124 valence electrons. The molecule has 1 heterocycles. The Bertz CT molecular complexity index is 811. The van der Waals surface area contributed by atoms with Gasteiger partial charge in [0.05, 0.1) is 5.56 Å². The van der Waals surface area contributed by atoms with E-state index < -0.39 is 5.91 Å². The van der Waals surface area contributed by atoms with E-state index in [0.717, 1.165) is 16.0 Å². The first-order valence-electron chi connectivity index (χ1n) is 7.13. The summed E-state index contributed by atoms with van der Waals surface area (Å²) in [7, 11) is 0. The fraction of sp³-hybridized carbons (Fsp3) is 0.118. The van der Waals surface area contributed by atoms with Crippen LogP contribution in [0.15, 0.2) is 36.4 Å². The Morgan fingerprint density at radius 1 is 1.21 bits per heavy atom. The molecule has 1 aromatic heterocycles. The molecular formula is C17H17N3O2S2. The van der Waals surface area contributed by atoms with Crippen LogP contribution in [0.5, 0.6) is 0 Å². The lowest BCUT2D eigenvalue weighted by atomic mass is 10.1. The van der Waals surface area contributed by atoms with Crippen LogP contribution in [0.3, 0.4) is 0 Å². The highest BCUT2D eigenvalue weighted by Gasteiger charge is 2.18. The molecule has 5 nitrogen and oxygen atoms in total. The van der Waals surface area contributed by atoms with Crippen LogP contribution in [0, 0.1) is 13.8 Å². The third kappa shape index (κ3) is 4.50. The van der Waals surface area contributed by atoms with Crippen molar-refractivity contribution in [3.8, 4) is 0 Å². The van der Waals surface area contributed by atoms with Crippen molar-refractivity contribution in [2.75, 3.05) is 5.32 Å². The van der Waals surface area contributed by atoms with Crippen LogP contribution >= 0.6 is 23.6 Å². The van der Waals surface area contributed by atoms with Crippen LogP contribution in [-0.2, 0) is 4.79 Å². The van der Waals surface area contributed by atoms with Crippen molar-refractivity contribution in [1.82, 2.24) is 5.32 Å². The third-order valence-electron chi connectivity index (χ3n) is 3.32. The smallest absolute Gasteiger partial charge is 0.251 e. The van der Waals surface area contributed by atoms with E-state index in [4.69, 9.17) is 18.0 Å². The first-order chi connectivity index (χ1) is 11.4. The normalized spacial score (nSPS) is 10.6. The largest absolute Gasteiger partial charge is 0.365 e. The van der Waals surface area contributed by atoms with Gasteiger partial charge in [-0.2, -0.15) is 0 Å². The highest BCUT2D eigenvalue weighted by molar-refractivity contribution is 7.80. The van der Waals surface area contributed by atoms with Gasteiger partial charge in [-0.1, -0.05) is 30.3 Å². The second-order valence-corrected chi connectivity index (χ2v) is 6.67. The van der Waals surface area contributed by atoms with Gasteiger partial charge in [0.15, 0.2) is 5.11 Å². The summed E-state index contributed by atoms with van der Waals surface area (Å²) < 4.78 is 0. The summed E-state index contributed by atoms with van der Waals surface area (Å²) in [4.78, 5) is 24.4. The highest BCUT2D eigenvalue weighted by Crippen LogP contribution is 2.31. The molecule has 1 aromatic carbocycles. The minimum atomic E-state index is -0.530. The van der Waals surface area contributed by atoms with Gasteiger partial charge in [0.25, 0.3) is 5.91 Å². The maximum Gasteiger partial charge on any atom is 0.251 e. The second-order valence-electron chi connectivity index (χ2n) is 5.04. The van der Waals surface area contributed by atoms with Crippen molar-refractivity contribution in [3.63, 3.8) is 0 Å². The Morgan fingerprint density at radius 3 is 2.50 bits per heavy atom. The molecular weight excluding hydrogens is 342 g/mol. The number of primary amides is 1. The number of hydrogen-bond donors (Lipinski definition) is 3. The van der Waals surface area contributed by atoms with Crippen LogP contribution in [0.25, 0.3) is 6.08 Å². The Kier molecular flexibility index (Phi) is 5.83. The number of aryl methyl sites for hydroxylation is 1. The number of hydrogen-bond acceptors (Lipinski definition) is 4. The highest BCUT2D eigenvalue weighted by atomic mass is 32.1. The number of carbonyl (C=O) groups excluding carboxylic acids is 2. The maximum atomic E-state index is 11.9. The van der Waals surface area contributed by atoms with Crippen LogP contribution in [0.2, 0.25) is 0 Å². The Balaban J connectivity index is 2.01. The van der Waals surface area contributed by atoms with Gasteiger partial charge in [-0.15, -0.1) is 11.3 Å². The van der Waals surface area contributed by atoms with Crippen LogP contribution in [0.4, 0.5) is 5.00 Å². The zero-order valence-corrected chi connectivity index (χ0v) is 14.9. The van der Waals surface area contributed by atoms with Crippen LogP contribution in [0.1, 0.15) is 26.4 Å². The second kappa shape index (κ2) is 7.85. The van der Waals surface area contributed by atoms with Gasteiger partial charge in [-0.05, 0) is 43.3 Å². The Labute approximate surface area is 149 Å². The molecule has 2 rings (SSSR count). The molecule has 0 unspecified atom stereocenters. The van der Waals surface area contributed by atoms with Crippen LogP contribution in [-0.4, -0.2) is 16.9 Å². The number of carbonyl (C=O) groups is 2. The Hall–Kier alpha value is -2.51. The van der Waals surface area contributed by atoms with Crippen LogP contribution < -0.4 is 16.4 Å². The number of nitrogens with two attached hydrogens (primary N) is 1. The lowest BCUT2D eigenvalue weighted by Crippen LogP contribution is -2.33. The maximum absolute atomic E-state index is 11.9. The van der Waals surface area contributed by atoms with Crippen molar-refractivity contribution in [1.29, 1.82) is 0 Å². The fourth-order valence-electron chi connectivity index (χ4n) is 2.04.